The lowest BCUT2D eigenvalue weighted by Crippen LogP contribution is -2.57. The molecule has 6 atom stereocenters. The number of nitrogens with one attached hydrogen (secondary N) is 4. The molecule has 2 heterocycles. The van der Waals surface area contributed by atoms with Gasteiger partial charge in [-0.2, -0.15) is 0 Å². The Morgan fingerprint density at radius 1 is 0.868 bits per heavy atom. The number of amides is 7. The summed E-state index contributed by atoms with van der Waals surface area (Å²) in [4.78, 5) is 110. The van der Waals surface area contributed by atoms with Gasteiger partial charge in [0.2, 0.25) is 17.7 Å². The van der Waals surface area contributed by atoms with Crippen molar-refractivity contribution >= 4 is 61.5 Å². The predicted molar refractivity (Wildman–Crippen MR) is 254 cm³/mol. The fraction of sp³-hybridized carbons (Fsp3) is 0.469. The highest BCUT2D eigenvalue weighted by atomic mass is 28.3. The van der Waals surface area contributed by atoms with Crippen LogP contribution in [0, 0.1) is 0 Å². The van der Waals surface area contributed by atoms with Crippen LogP contribution in [0.2, 0.25) is 19.1 Å². The molecule has 2 fully saturated rings. The van der Waals surface area contributed by atoms with Crippen molar-refractivity contribution in [1.82, 2.24) is 30.7 Å². The molecule has 0 radical (unpaired) electrons. The van der Waals surface area contributed by atoms with E-state index in [9.17, 15) is 43.5 Å². The lowest BCUT2D eigenvalue weighted by atomic mass is 9.87. The lowest BCUT2D eigenvalue weighted by molar-refractivity contribution is -0.145. The van der Waals surface area contributed by atoms with Gasteiger partial charge < -0.3 is 40.7 Å². The number of ether oxygens (including phenoxy) is 2. The van der Waals surface area contributed by atoms with Crippen LogP contribution in [0.5, 0.6) is 0 Å². The summed E-state index contributed by atoms with van der Waals surface area (Å²) in [7, 11) is 0.515. The molecule has 3 aromatic rings. The minimum absolute atomic E-state index is 0.0343. The molecule has 2 saturated heterocycles. The molecule has 0 spiro atoms. The third kappa shape index (κ3) is 12.4. The Bertz CT molecular complexity index is 2410. The molecule has 19 heteroatoms. The summed E-state index contributed by atoms with van der Waals surface area (Å²) in [5.74, 6) is -2.93. The Kier molecular flexibility index (Phi) is 15.7. The maximum atomic E-state index is 14.8. The first-order valence-electron chi connectivity index (χ1n) is 22.9. The molecule has 0 bridgehead atoms. The predicted octanol–water partition coefficient (Wildman–Crippen LogP) is 4.90. The van der Waals surface area contributed by atoms with Crippen LogP contribution in [0.1, 0.15) is 90.4 Å². The molecule has 1 aliphatic carbocycles. The van der Waals surface area contributed by atoms with Gasteiger partial charge in [-0.05, 0) is 106 Å². The Morgan fingerprint density at radius 2 is 1.51 bits per heavy atom. The maximum Gasteiger partial charge on any atom is 0.410 e. The summed E-state index contributed by atoms with van der Waals surface area (Å²) in [6.45, 7) is 10.9. The highest BCUT2D eigenvalue weighted by molar-refractivity contribution is 6.79. The van der Waals surface area contributed by atoms with E-state index in [0.29, 0.717) is 23.5 Å². The summed E-state index contributed by atoms with van der Waals surface area (Å²) in [5, 5.41) is 21.2. The van der Waals surface area contributed by atoms with E-state index in [4.69, 9.17) is 9.47 Å². The van der Waals surface area contributed by atoms with Gasteiger partial charge in [0, 0.05) is 55.5 Å². The van der Waals surface area contributed by atoms with Gasteiger partial charge in [-0.15, -0.1) is 0 Å². The van der Waals surface area contributed by atoms with Crippen LogP contribution >= 0.6 is 0 Å². The fourth-order valence-corrected chi connectivity index (χ4v) is 11.9. The minimum atomic E-state index is -2.10. The largest absolute Gasteiger partial charge is 0.467 e. The molecule has 6 rings (SSSR count). The van der Waals surface area contributed by atoms with E-state index in [2.05, 4.69) is 40.4 Å². The molecular formula is C49H63N7O11Si. The van der Waals surface area contributed by atoms with E-state index >= 15 is 0 Å². The first kappa shape index (κ1) is 50.6. The van der Waals surface area contributed by atoms with Crippen molar-refractivity contribution in [3.8, 4) is 0 Å². The van der Waals surface area contributed by atoms with E-state index in [-0.39, 0.29) is 42.5 Å². The van der Waals surface area contributed by atoms with Gasteiger partial charge in [-0.25, -0.2) is 14.4 Å². The van der Waals surface area contributed by atoms with Crippen molar-refractivity contribution in [2.24, 2.45) is 0 Å². The molecule has 68 heavy (non-hydrogen) atoms. The number of likely N-dealkylation sites (tertiary alicyclic amines) is 1. The Hall–Kier alpha value is -6.76. The third-order valence-electron chi connectivity index (χ3n) is 12.7. The second-order valence-electron chi connectivity index (χ2n) is 19.6. The van der Waals surface area contributed by atoms with Crippen molar-refractivity contribution in [1.29, 1.82) is 0 Å². The number of benzene rings is 3. The molecule has 7 amide bonds. The Balaban J connectivity index is 1.14. The fourth-order valence-electron chi connectivity index (χ4n) is 8.98. The number of methoxy groups -OCH3 is 1. The highest BCUT2D eigenvalue weighted by Crippen LogP contribution is 2.33. The number of fused-ring (bicyclic) bond motifs is 1. The zero-order valence-corrected chi connectivity index (χ0v) is 40.9. The number of aryl methyl sites for hydroxylation is 1. The number of carbonyl (C=O) groups excluding carboxylic acids is 7. The number of hydrogen-bond acceptors (Lipinski definition) is 10. The number of carbonyl (C=O) groups is 8. The van der Waals surface area contributed by atoms with Crippen LogP contribution in [0.3, 0.4) is 0 Å². The van der Waals surface area contributed by atoms with Crippen molar-refractivity contribution < 1.29 is 52.9 Å². The van der Waals surface area contributed by atoms with Crippen LogP contribution in [0.4, 0.5) is 15.3 Å². The van der Waals surface area contributed by atoms with Crippen LogP contribution in [0.25, 0.3) is 0 Å². The molecule has 5 N–H and O–H groups in total. The molecule has 0 saturated carbocycles. The zero-order chi connectivity index (χ0) is 49.7. The molecule has 3 aliphatic rings. The first-order chi connectivity index (χ1) is 32.0. The van der Waals surface area contributed by atoms with Crippen molar-refractivity contribution in [3.05, 3.63) is 101 Å². The summed E-state index contributed by atoms with van der Waals surface area (Å²) in [6, 6.07) is 16.5. The summed E-state index contributed by atoms with van der Waals surface area (Å²) in [6.07, 6.45) is 1.13. The number of likely N-dealkylation sites (N-methyl/N-ethyl adjacent to an activating group) is 1. The number of nitrogens with zero attached hydrogens (tertiary/aromatic N) is 3. The number of hydrogen-bond donors (Lipinski definition) is 5. The second kappa shape index (κ2) is 21.0. The molecule has 5 unspecified atom stereocenters. The molecule has 18 nitrogen and oxygen atoms in total. The van der Waals surface area contributed by atoms with Crippen LogP contribution < -0.4 is 21.3 Å². The monoisotopic (exact) mass is 953 g/mol. The third-order valence-corrected chi connectivity index (χ3v) is 15.4. The normalized spacial score (nSPS) is 20.5. The van der Waals surface area contributed by atoms with E-state index in [1.165, 1.54) is 41.8 Å². The average molecular weight is 954 g/mol. The van der Waals surface area contributed by atoms with Crippen molar-refractivity contribution in [2.75, 3.05) is 32.2 Å². The van der Waals surface area contributed by atoms with Gasteiger partial charge in [0.25, 0.3) is 11.8 Å². The minimum Gasteiger partial charge on any atom is -0.467 e. The van der Waals surface area contributed by atoms with E-state index < -0.39 is 85.7 Å². The van der Waals surface area contributed by atoms with Crippen LogP contribution in [-0.4, -0.2) is 138 Å². The molecule has 2 aliphatic heterocycles. The summed E-state index contributed by atoms with van der Waals surface area (Å²) >= 11 is 0. The van der Waals surface area contributed by atoms with Gasteiger partial charge in [0.1, 0.15) is 29.8 Å². The van der Waals surface area contributed by atoms with Crippen LogP contribution in [0.15, 0.2) is 72.8 Å². The van der Waals surface area contributed by atoms with Crippen molar-refractivity contribution in [2.45, 2.75) is 121 Å². The number of esters is 1. The van der Waals surface area contributed by atoms with Gasteiger partial charge in [-0.1, -0.05) is 49.5 Å². The molecule has 3 aromatic carbocycles. The smallest absolute Gasteiger partial charge is 0.410 e. The van der Waals surface area contributed by atoms with E-state index in [1.54, 1.807) is 56.9 Å². The molecule has 364 valence electrons. The Labute approximate surface area is 397 Å². The average Bonchev–Trinajstić information content (AvgIpc) is 3.88. The number of rotatable bonds is 13. The maximum absolute atomic E-state index is 14.8. The first-order valence-corrected chi connectivity index (χ1v) is 26.3. The van der Waals surface area contributed by atoms with E-state index in [1.807, 2.05) is 18.2 Å². The topological polar surface area (TPSA) is 233 Å². The zero-order valence-electron chi connectivity index (χ0n) is 39.9. The molecular weight excluding hydrogens is 891 g/mol. The van der Waals surface area contributed by atoms with Gasteiger partial charge in [-0.3, -0.25) is 33.8 Å². The summed E-state index contributed by atoms with van der Waals surface area (Å²) < 4.78 is 10.2. The van der Waals surface area contributed by atoms with E-state index in [0.717, 1.165) is 36.8 Å². The quantitative estimate of drug-likeness (QED) is 0.114. The standard InChI is InChI=1S/C49H63N7O11Si/c1-29(54(5)48(65)67-49(2,3)4)41(57)53-38(45(61)56-28-68(7,8)27-40(56)44(60)52-37-15-11-13-31-12-9-10-14-36(31)37)24-30-16-22-34(23-17-30)50-42(58)32-18-20-33(21-19-32)43(59)51-35-25-39(46(62)66-6)55(26-35)47(63)64/h9-10,12,14,16-23,29,35,37-40H,11,13,15,24-28H2,1-8H3,(H,50,58)(H,51,59)(H,52,60)(H,53,57)(H,63,64)/t29?,35?,37-,38?,39?,40?/m1/s1. The lowest BCUT2D eigenvalue weighted by Gasteiger charge is -2.33. The number of anilines is 1. The van der Waals surface area contributed by atoms with Gasteiger partial charge in [0.15, 0.2) is 0 Å². The molecule has 0 aromatic heterocycles. The highest BCUT2D eigenvalue weighted by Gasteiger charge is 2.47. The second-order valence-corrected chi connectivity index (χ2v) is 24.7. The van der Waals surface area contributed by atoms with Crippen LogP contribution in [-0.2, 0) is 41.5 Å². The van der Waals surface area contributed by atoms with Crippen molar-refractivity contribution in [3.63, 3.8) is 0 Å². The van der Waals surface area contributed by atoms with Gasteiger partial charge >= 0.3 is 18.2 Å². The number of carboxylic acid groups (broad SMARTS) is 1. The van der Waals surface area contributed by atoms with Gasteiger partial charge in [0.05, 0.1) is 21.2 Å². The summed E-state index contributed by atoms with van der Waals surface area (Å²) in [5.41, 5.74) is 3.02. The Morgan fingerprint density at radius 3 is 2.15 bits per heavy atom. The SMILES string of the molecule is COC(=O)C1CC(NC(=O)c2ccc(C(=O)Nc3ccc(CC(NC(=O)C(C)N(C)C(=O)OC(C)(C)C)C(=O)N4C[Si](C)(C)CC4C(=O)N[C@@H]4CCCc5ccccc54)cc3)cc2)CN1C(=O)O.